The highest BCUT2D eigenvalue weighted by atomic mass is 79.9. The number of nitrogens with one attached hydrogen (secondary N) is 1. The third kappa shape index (κ3) is 2.11. The summed E-state index contributed by atoms with van der Waals surface area (Å²) in [4.78, 5) is 11.7. The third-order valence-corrected chi connectivity index (χ3v) is 2.98. The summed E-state index contributed by atoms with van der Waals surface area (Å²) in [6.45, 7) is 4.11. The van der Waals surface area contributed by atoms with Crippen molar-refractivity contribution in [2.24, 2.45) is 0 Å². The zero-order chi connectivity index (χ0) is 11.7. The average Bonchev–Trinajstić information content (AvgIpc) is 2.62. The van der Waals surface area contributed by atoms with Crippen LogP contribution in [0, 0.1) is 0 Å². The molecule has 0 aliphatic carbocycles. The van der Waals surface area contributed by atoms with Crippen molar-refractivity contribution in [1.82, 2.24) is 9.78 Å². The maximum atomic E-state index is 11.7. The Labute approximate surface area is 102 Å². The lowest BCUT2D eigenvalue weighted by Gasteiger charge is -2.03. The molecular formula is C12H13BrN2O. The Hall–Kier alpha value is -1.29. The van der Waals surface area contributed by atoms with Crippen molar-refractivity contribution >= 4 is 15.9 Å². The van der Waals surface area contributed by atoms with E-state index in [0.29, 0.717) is 5.92 Å². The second-order valence-electron chi connectivity index (χ2n) is 4.02. The van der Waals surface area contributed by atoms with Gasteiger partial charge in [0.1, 0.15) is 0 Å². The molecule has 0 radical (unpaired) electrons. The molecule has 0 fully saturated rings. The zero-order valence-electron chi connectivity index (χ0n) is 9.20. The SMILES string of the molecule is CC(C)c1cc(=O)n(-c2ccc(Br)cc2)[nH]1. The van der Waals surface area contributed by atoms with Crippen LogP contribution >= 0.6 is 15.9 Å². The van der Waals surface area contributed by atoms with Crippen molar-refractivity contribution in [3.8, 4) is 5.69 Å². The Morgan fingerprint density at radius 1 is 1.25 bits per heavy atom. The fraction of sp³-hybridized carbons (Fsp3) is 0.250. The minimum Gasteiger partial charge on any atom is -0.295 e. The minimum atomic E-state index is -0.0222. The van der Waals surface area contributed by atoms with Gasteiger partial charge in [-0.05, 0) is 30.2 Å². The third-order valence-electron chi connectivity index (χ3n) is 2.45. The summed E-state index contributed by atoms with van der Waals surface area (Å²) < 4.78 is 2.56. The minimum absolute atomic E-state index is 0.0222. The van der Waals surface area contributed by atoms with Crippen molar-refractivity contribution in [1.29, 1.82) is 0 Å². The smallest absolute Gasteiger partial charge is 0.271 e. The Morgan fingerprint density at radius 3 is 2.38 bits per heavy atom. The van der Waals surface area contributed by atoms with Gasteiger partial charge in [0.05, 0.1) is 5.69 Å². The number of aromatic nitrogens is 2. The first kappa shape index (κ1) is 11.2. The van der Waals surface area contributed by atoms with Crippen LogP contribution < -0.4 is 5.56 Å². The number of halogens is 1. The van der Waals surface area contributed by atoms with E-state index in [9.17, 15) is 4.79 Å². The normalized spacial score (nSPS) is 11.0. The van der Waals surface area contributed by atoms with Crippen molar-refractivity contribution < 1.29 is 0 Å². The van der Waals surface area contributed by atoms with Crippen LogP contribution in [0.3, 0.4) is 0 Å². The molecule has 3 nitrogen and oxygen atoms in total. The van der Waals surface area contributed by atoms with E-state index in [2.05, 4.69) is 34.9 Å². The Bertz CT molecular complexity index is 537. The van der Waals surface area contributed by atoms with E-state index in [4.69, 9.17) is 0 Å². The average molecular weight is 281 g/mol. The van der Waals surface area contributed by atoms with Gasteiger partial charge in [0.25, 0.3) is 5.56 Å². The van der Waals surface area contributed by atoms with E-state index in [1.54, 1.807) is 10.7 Å². The molecule has 1 heterocycles. The number of H-pyrrole nitrogens is 1. The van der Waals surface area contributed by atoms with Crippen LogP contribution in [0.1, 0.15) is 25.5 Å². The molecule has 1 aromatic carbocycles. The molecule has 0 aliphatic heterocycles. The lowest BCUT2D eigenvalue weighted by Crippen LogP contribution is -2.13. The predicted octanol–water partition coefficient (Wildman–Crippen LogP) is 3.05. The molecule has 0 saturated heterocycles. The van der Waals surface area contributed by atoms with Crippen molar-refractivity contribution in [3.63, 3.8) is 0 Å². The molecule has 4 heteroatoms. The van der Waals surface area contributed by atoms with E-state index >= 15 is 0 Å². The van der Waals surface area contributed by atoms with Gasteiger partial charge in [-0.25, -0.2) is 4.68 Å². The summed E-state index contributed by atoms with van der Waals surface area (Å²) in [6, 6.07) is 9.26. The molecule has 0 spiro atoms. The molecule has 1 aromatic heterocycles. The van der Waals surface area contributed by atoms with Gasteiger partial charge in [-0.2, -0.15) is 0 Å². The van der Waals surface area contributed by atoms with Crippen LogP contribution in [0.25, 0.3) is 5.69 Å². The van der Waals surface area contributed by atoms with Crippen LogP contribution in [0.5, 0.6) is 0 Å². The monoisotopic (exact) mass is 280 g/mol. The highest BCUT2D eigenvalue weighted by Gasteiger charge is 2.07. The molecule has 0 amide bonds. The number of rotatable bonds is 2. The van der Waals surface area contributed by atoms with Gasteiger partial charge >= 0.3 is 0 Å². The van der Waals surface area contributed by atoms with Gasteiger partial charge in [0.15, 0.2) is 0 Å². The fourth-order valence-corrected chi connectivity index (χ4v) is 1.76. The van der Waals surface area contributed by atoms with Crippen molar-refractivity contribution in [2.45, 2.75) is 19.8 Å². The summed E-state index contributed by atoms with van der Waals surface area (Å²) in [6.07, 6.45) is 0. The molecule has 84 valence electrons. The van der Waals surface area contributed by atoms with E-state index in [1.807, 2.05) is 24.3 Å². The van der Waals surface area contributed by atoms with Gasteiger partial charge < -0.3 is 0 Å². The van der Waals surface area contributed by atoms with Gasteiger partial charge in [-0.3, -0.25) is 9.89 Å². The zero-order valence-corrected chi connectivity index (χ0v) is 10.8. The first-order chi connectivity index (χ1) is 7.58. The van der Waals surface area contributed by atoms with E-state index in [0.717, 1.165) is 15.9 Å². The molecule has 2 aromatic rings. The molecule has 0 atom stereocenters. The Morgan fingerprint density at radius 2 is 1.88 bits per heavy atom. The van der Waals surface area contributed by atoms with E-state index in [-0.39, 0.29) is 5.56 Å². The number of hydrogen-bond acceptors (Lipinski definition) is 1. The van der Waals surface area contributed by atoms with Crippen LogP contribution in [0.4, 0.5) is 0 Å². The standard InChI is InChI=1S/C12H13BrN2O/c1-8(2)11-7-12(16)15(14-11)10-5-3-9(13)4-6-10/h3-8,14H,1-2H3. The number of nitrogens with zero attached hydrogens (tertiary/aromatic N) is 1. The quantitative estimate of drug-likeness (QED) is 0.902. The first-order valence-electron chi connectivity index (χ1n) is 5.16. The van der Waals surface area contributed by atoms with E-state index < -0.39 is 0 Å². The molecule has 16 heavy (non-hydrogen) atoms. The second-order valence-corrected chi connectivity index (χ2v) is 4.93. The van der Waals surface area contributed by atoms with Crippen molar-refractivity contribution in [2.75, 3.05) is 0 Å². The highest BCUT2D eigenvalue weighted by molar-refractivity contribution is 9.10. The summed E-state index contributed by atoms with van der Waals surface area (Å²) in [5, 5.41) is 3.11. The molecule has 0 aliphatic rings. The summed E-state index contributed by atoms with van der Waals surface area (Å²) in [5.74, 6) is 0.324. The fourth-order valence-electron chi connectivity index (χ4n) is 1.49. The number of benzene rings is 1. The largest absolute Gasteiger partial charge is 0.295 e. The highest BCUT2D eigenvalue weighted by Crippen LogP contribution is 2.14. The van der Waals surface area contributed by atoms with Gasteiger partial charge in [-0.15, -0.1) is 0 Å². The topological polar surface area (TPSA) is 37.8 Å². The molecule has 1 N–H and O–H groups in total. The summed E-state index contributed by atoms with van der Waals surface area (Å²) in [5.41, 5.74) is 1.78. The number of aromatic amines is 1. The van der Waals surface area contributed by atoms with Gasteiger partial charge in [0.2, 0.25) is 0 Å². The molecule has 0 bridgehead atoms. The maximum Gasteiger partial charge on any atom is 0.271 e. The van der Waals surface area contributed by atoms with Crippen LogP contribution in [-0.2, 0) is 0 Å². The second kappa shape index (κ2) is 4.29. The van der Waals surface area contributed by atoms with Crippen molar-refractivity contribution in [3.05, 3.63) is 50.9 Å². The molecular weight excluding hydrogens is 268 g/mol. The van der Waals surface area contributed by atoms with Crippen LogP contribution in [0.2, 0.25) is 0 Å². The Balaban J connectivity index is 2.48. The lowest BCUT2D eigenvalue weighted by atomic mass is 10.1. The molecule has 0 unspecified atom stereocenters. The summed E-state index contributed by atoms with van der Waals surface area (Å²) in [7, 11) is 0. The van der Waals surface area contributed by atoms with E-state index in [1.165, 1.54) is 0 Å². The van der Waals surface area contributed by atoms with Gasteiger partial charge in [-0.1, -0.05) is 29.8 Å². The van der Waals surface area contributed by atoms with Crippen LogP contribution in [0.15, 0.2) is 39.6 Å². The molecule has 2 rings (SSSR count). The maximum absolute atomic E-state index is 11.7. The lowest BCUT2D eigenvalue weighted by molar-refractivity contribution is 0.760. The first-order valence-corrected chi connectivity index (χ1v) is 5.95. The van der Waals surface area contributed by atoms with Crippen LogP contribution in [-0.4, -0.2) is 9.78 Å². The van der Waals surface area contributed by atoms with Gasteiger partial charge in [0, 0.05) is 16.2 Å². The molecule has 0 saturated carbocycles. The predicted molar refractivity (Wildman–Crippen MR) is 68.2 cm³/mol. The Kier molecular flexibility index (Phi) is 3.01. The number of hydrogen-bond donors (Lipinski definition) is 1. The summed E-state index contributed by atoms with van der Waals surface area (Å²) >= 11 is 3.37.